The van der Waals surface area contributed by atoms with Crippen LogP contribution in [0.15, 0.2) is 55.2 Å². The summed E-state index contributed by atoms with van der Waals surface area (Å²) in [5.41, 5.74) is 1.01. The molecule has 1 fully saturated rings. The zero-order chi connectivity index (χ0) is 17.6. The molecule has 1 N–H and O–H groups in total. The van der Waals surface area contributed by atoms with E-state index in [1.807, 2.05) is 30.5 Å². The lowest BCUT2D eigenvalue weighted by Gasteiger charge is -2.32. The van der Waals surface area contributed by atoms with Gasteiger partial charge in [-0.3, -0.25) is 4.98 Å². The summed E-state index contributed by atoms with van der Waals surface area (Å²) in [6.45, 7) is 1.97. The van der Waals surface area contributed by atoms with Crippen molar-refractivity contribution in [2.45, 2.75) is 19.3 Å². The van der Waals surface area contributed by atoms with Gasteiger partial charge in [0.25, 0.3) is 0 Å². The van der Waals surface area contributed by atoms with Crippen LogP contribution < -0.4 is 10.2 Å². The highest BCUT2D eigenvalue weighted by atomic mass is 15.2. The summed E-state index contributed by atoms with van der Waals surface area (Å²) in [4.78, 5) is 24.3. The van der Waals surface area contributed by atoms with E-state index in [1.54, 1.807) is 24.8 Å². The second kappa shape index (κ2) is 7.86. The van der Waals surface area contributed by atoms with Crippen molar-refractivity contribution in [3.8, 4) is 0 Å². The van der Waals surface area contributed by atoms with Crippen LogP contribution in [-0.4, -0.2) is 38.0 Å². The molecule has 0 aliphatic carbocycles. The summed E-state index contributed by atoms with van der Waals surface area (Å²) < 4.78 is 0. The van der Waals surface area contributed by atoms with Crippen molar-refractivity contribution in [1.29, 1.82) is 0 Å². The molecule has 1 aliphatic heterocycles. The van der Waals surface area contributed by atoms with Gasteiger partial charge in [0.05, 0.1) is 18.1 Å². The van der Waals surface area contributed by atoms with E-state index in [0.717, 1.165) is 43.4 Å². The van der Waals surface area contributed by atoms with Gasteiger partial charge in [-0.1, -0.05) is 6.07 Å². The number of pyridine rings is 1. The van der Waals surface area contributed by atoms with Crippen LogP contribution in [0.1, 0.15) is 18.5 Å². The first-order valence-corrected chi connectivity index (χ1v) is 8.88. The molecule has 7 nitrogen and oxygen atoms in total. The Morgan fingerprint density at radius 2 is 1.81 bits per heavy atom. The van der Waals surface area contributed by atoms with Crippen molar-refractivity contribution in [2.75, 3.05) is 23.3 Å². The monoisotopic (exact) mass is 347 g/mol. The van der Waals surface area contributed by atoms with Crippen LogP contribution in [0.25, 0.3) is 0 Å². The van der Waals surface area contributed by atoms with E-state index in [4.69, 9.17) is 0 Å². The van der Waals surface area contributed by atoms with Crippen LogP contribution in [0.5, 0.6) is 0 Å². The Labute approximate surface area is 152 Å². The predicted octanol–water partition coefficient (Wildman–Crippen LogP) is 2.86. The van der Waals surface area contributed by atoms with Crippen molar-refractivity contribution < 1.29 is 0 Å². The van der Waals surface area contributed by atoms with Crippen molar-refractivity contribution in [1.82, 2.24) is 24.9 Å². The molecule has 3 aromatic rings. The molecule has 4 rings (SSSR count). The van der Waals surface area contributed by atoms with Crippen LogP contribution in [0.4, 0.5) is 17.6 Å². The average molecular weight is 347 g/mol. The second-order valence-electron chi connectivity index (χ2n) is 6.44. The number of nitrogens with zero attached hydrogens (tertiary/aromatic N) is 6. The summed E-state index contributed by atoms with van der Waals surface area (Å²) >= 11 is 0. The van der Waals surface area contributed by atoms with Crippen LogP contribution in [-0.2, 0) is 6.42 Å². The zero-order valence-corrected chi connectivity index (χ0v) is 14.5. The molecule has 0 aromatic carbocycles. The molecule has 7 heteroatoms. The Morgan fingerprint density at radius 1 is 0.923 bits per heavy atom. The van der Waals surface area contributed by atoms with Gasteiger partial charge < -0.3 is 10.2 Å². The molecule has 132 valence electrons. The van der Waals surface area contributed by atoms with Gasteiger partial charge in [-0.25, -0.2) is 19.9 Å². The molecule has 1 aliphatic rings. The van der Waals surface area contributed by atoms with Crippen molar-refractivity contribution in [3.05, 3.63) is 60.9 Å². The van der Waals surface area contributed by atoms with E-state index in [-0.39, 0.29) is 0 Å². The minimum Gasteiger partial charge on any atom is -0.341 e. The lowest BCUT2D eigenvalue weighted by atomic mass is 9.94. The third-order valence-electron chi connectivity index (χ3n) is 4.48. The summed E-state index contributed by atoms with van der Waals surface area (Å²) in [5, 5.41) is 3.15. The van der Waals surface area contributed by atoms with Crippen molar-refractivity contribution in [2.24, 2.45) is 5.92 Å². The molecule has 1 atom stereocenters. The normalized spacial score (nSPS) is 17.1. The molecule has 0 unspecified atom stereocenters. The Kier molecular flexibility index (Phi) is 4.95. The van der Waals surface area contributed by atoms with Gasteiger partial charge in [0.1, 0.15) is 11.6 Å². The highest BCUT2D eigenvalue weighted by Gasteiger charge is 2.22. The van der Waals surface area contributed by atoms with Crippen LogP contribution in [0.3, 0.4) is 0 Å². The number of hydrogen-bond donors (Lipinski definition) is 1. The molecule has 26 heavy (non-hydrogen) atoms. The van der Waals surface area contributed by atoms with Crippen LogP contribution in [0, 0.1) is 5.92 Å². The van der Waals surface area contributed by atoms with Gasteiger partial charge in [-0.05, 0) is 43.4 Å². The predicted molar refractivity (Wildman–Crippen MR) is 100 cm³/mol. The molecule has 0 radical (unpaired) electrons. The number of nitrogens with one attached hydrogen (secondary N) is 1. The fourth-order valence-electron chi connectivity index (χ4n) is 3.26. The first-order valence-electron chi connectivity index (χ1n) is 8.88. The van der Waals surface area contributed by atoms with E-state index >= 15 is 0 Å². The smallest absolute Gasteiger partial charge is 0.225 e. The first-order chi connectivity index (χ1) is 12.9. The number of anilines is 3. The van der Waals surface area contributed by atoms with Crippen LogP contribution in [0.2, 0.25) is 0 Å². The number of piperidine rings is 1. The van der Waals surface area contributed by atoms with E-state index in [0.29, 0.717) is 11.7 Å². The SMILES string of the molecule is c1ccc(Nc2cnc(C[C@H]3CCCN(c4ncccn4)C3)cn2)nc1. The Hall–Kier alpha value is -3.09. The minimum absolute atomic E-state index is 0.538. The van der Waals surface area contributed by atoms with E-state index in [9.17, 15) is 0 Å². The lowest BCUT2D eigenvalue weighted by molar-refractivity contribution is 0.406. The number of aromatic nitrogens is 5. The Bertz CT molecular complexity index is 808. The standard InChI is InChI=1S/C19H21N7/c1-2-7-20-17(6-1)25-18-13-23-16(12-24-18)11-15-5-3-10-26(14-15)19-21-8-4-9-22-19/h1-2,4,6-9,12-13,15H,3,5,10-11,14H2,(H,20,24,25)/t15-/m1/s1. The number of hydrogen-bond acceptors (Lipinski definition) is 7. The average Bonchev–Trinajstić information content (AvgIpc) is 2.71. The van der Waals surface area contributed by atoms with E-state index in [2.05, 4.69) is 35.1 Å². The maximum Gasteiger partial charge on any atom is 0.225 e. The van der Waals surface area contributed by atoms with Gasteiger partial charge >= 0.3 is 0 Å². The van der Waals surface area contributed by atoms with Gasteiger partial charge in [0.2, 0.25) is 5.95 Å². The summed E-state index contributed by atoms with van der Waals surface area (Å²) in [6, 6.07) is 7.56. The minimum atomic E-state index is 0.538. The Balaban J connectivity index is 1.36. The molecule has 0 saturated carbocycles. The maximum absolute atomic E-state index is 4.56. The van der Waals surface area contributed by atoms with Gasteiger partial charge in [0, 0.05) is 31.7 Å². The summed E-state index contributed by atoms with van der Waals surface area (Å²) in [5.74, 6) is 2.82. The maximum atomic E-state index is 4.56. The lowest BCUT2D eigenvalue weighted by Crippen LogP contribution is -2.37. The van der Waals surface area contributed by atoms with Crippen molar-refractivity contribution >= 4 is 17.6 Å². The molecule has 0 amide bonds. The largest absolute Gasteiger partial charge is 0.341 e. The Morgan fingerprint density at radius 3 is 2.58 bits per heavy atom. The molecule has 1 saturated heterocycles. The van der Waals surface area contributed by atoms with E-state index in [1.165, 1.54) is 6.42 Å². The second-order valence-corrected chi connectivity index (χ2v) is 6.44. The zero-order valence-electron chi connectivity index (χ0n) is 14.5. The molecule has 0 bridgehead atoms. The fourth-order valence-corrected chi connectivity index (χ4v) is 3.26. The highest BCUT2D eigenvalue weighted by molar-refractivity contribution is 5.49. The molecule has 0 spiro atoms. The third kappa shape index (κ3) is 4.11. The molecule has 3 aromatic heterocycles. The highest BCUT2D eigenvalue weighted by Crippen LogP contribution is 2.22. The van der Waals surface area contributed by atoms with Gasteiger partial charge in [-0.15, -0.1) is 0 Å². The fraction of sp³-hybridized carbons (Fsp3) is 0.316. The summed E-state index contributed by atoms with van der Waals surface area (Å²) in [6.07, 6.45) is 12.2. The summed E-state index contributed by atoms with van der Waals surface area (Å²) in [7, 11) is 0. The third-order valence-corrected chi connectivity index (χ3v) is 4.48. The molecule has 4 heterocycles. The first kappa shape index (κ1) is 16.4. The van der Waals surface area contributed by atoms with Gasteiger partial charge in [-0.2, -0.15) is 0 Å². The van der Waals surface area contributed by atoms with Crippen molar-refractivity contribution in [3.63, 3.8) is 0 Å². The topological polar surface area (TPSA) is 79.7 Å². The number of rotatable bonds is 5. The molecular formula is C19H21N7. The van der Waals surface area contributed by atoms with Gasteiger partial charge in [0.15, 0.2) is 0 Å². The van der Waals surface area contributed by atoms with Crippen LogP contribution >= 0.6 is 0 Å². The van der Waals surface area contributed by atoms with E-state index < -0.39 is 0 Å². The molecular weight excluding hydrogens is 326 g/mol. The quantitative estimate of drug-likeness (QED) is 0.760.